The van der Waals surface area contributed by atoms with Crippen molar-refractivity contribution in [2.24, 2.45) is 5.73 Å². The van der Waals surface area contributed by atoms with Crippen molar-refractivity contribution in [3.05, 3.63) is 34.6 Å². The lowest BCUT2D eigenvalue weighted by atomic mass is 10.00. The molecule has 0 unspecified atom stereocenters. The second-order valence-electron chi connectivity index (χ2n) is 4.24. The van der Waals surface area contributed by atoms with Gasteiger partial charge in [-0.1, -0.05) is 6.08 Å². The normalized spacial score (nSPS) is 20.3. The van der Waals surface area contributed by atoms with Gasteiger partial charge in [-0.15, -0.1) is 0 Å². The molecule has 0 saturated heterocycles. The van der Waals surface area contributed by atoms with Crippen LogP contribution in [0.1, 0.15) is 19.8 Å². The van der Waals surface area contributed by atoms with E-state index >= 15 is 0 Å². The van der Waals surface area contributed by atoms with Crippen LogP contribution in [0.5, 0.6) is 0 Å². The number of carbonyl (C=O) groups is 3. The molecule has 0 aromatic heterocycles. The molecule has 2 aliphatic rings. The molecule has 5 heteroatoms. The third-order valence-electron chi connectivity index (χ3n) is 2.87. The van der Waals surface area contributed by atoms with Gasteiger partial charge in [-0.2, -0.15) is 0 Å². The monoisotopic (exact) mass is 247 g/mol. The molecule has 1 aliphatic carbocycles. The van der Waals surface area contributed by atoms with Crippen LogP contribution in [0.2, 0.25) is 0 Å². The minimum atomic E-state index is -0.563. The van der Waals surface area contributed by atoms with Crippen molar-refractivity contribution in [2.75, 3.05) is 6.61 Å². The van der Waals surface area contributed by atoms with Gasteiger partial charge in [-0.3, -0.25) is 9.59 Å². The van der Waals surface area contributed by atoms with E-state index in [-0.39, 0.29) is 29.4 Å². The van der Waals surface area contributed by atoms with E-state index in [9.17, 15) is 14.4 Å². The number of cyclic esters (lactones) is 1. The van der Waals surface area contributed by atoms with E-state index < -0.39 is 5.97 Å². The first-order chi connectivity index (χ1) is 8.50. The molecule has 5 nitrogen and oxygen atoms in total. The number of ketones is 2. The van der Waals surface area contributed by atoms with E-state index in [0.717, 1.165) is 0 Å². The van der Waals surface area contributed by atoms with Crippen LogP contribution >= 0.6 is 0 Å². The molecule has 0 aromatic rings. The van der Waals surface area contributed by atoms with Gasteiger partial charge in [-0.25, -0.2) is 4.79 Å². The number of esters is 1. The van der Waals surface area contributed by atoms with E-state index in [1.165, 1.54) is 13.0 Å². The van der Waals surface area contributed by atoms with Crippen molar-refractivity contribution in [1.82, 2.24) is 0 Å². The predicted molar refractivity (Wildman–Crippen MR) is 63.3 cm³/mol. The van der Waals surface area contributed by atoms with Crippen LogP contribution in [0.15, 0.2) is 34.6 Å². The zero-order valence-corrected chi connectivity index (χ0v) is 9.99. The lowest BCUT2D eigenvalue weighted by Crippen LogP contribution is -2.10. The van der Waals surface area contributed by atoms with Gasteiger partial charge in [0.05, 0.1) is 11.3 Å². The highest BCUT2D eigenvalue weighted by Gasteiger charge is 2.34. The Balaban J connectivity index is 2.47. The van der Waals surface area contributed by atoms with Crippen LogP contribution in [0.25, 0.3) is 0 Å². The first kappa shape index (κ1) is 12.3. The molecule has 0 fully saturated rings. The Kier molecular flexibility index (Phi) is 3.14. The highest BCUT2D eigenvalue weighted by Crippen LogP contribution is 2.32. The molecule has 1 aliphatic heterocycles. The maximum Gasteiger partial charge on any atom is 0.341 e. The van der Waals surface area contributed by atoms with E-state index in [0.29, 0.717) is 24.0 Å². The molecule has 2 N–H and O–H groups in total. The maximum absolute atomic E-state index is 11.8. The number of rotatable bonds is 3. The molecule has 1 heterocycles. The lowest BCUT2D eigenvalue weighted by Gasteiger charge is -2.02. The Morgan fingerprint density at radius 2 is 2.00 bits per heavy atom. The molecule has 18 heavy (non-hydrogen) atoms. The molecule has 0 spiro atoms. The number of hydrogen-bond acceptors (Lipinski definition) is 5. The van der Waals surface area contributed by atoms with Gasteiger partial charge in [-0.05, 0) is 25.0 Å². The molecule has 0 bridgehead atoms. The average molecular weight is 247 g/mol. The van der Waals surface area contributed by atoms with E-state index in [1.807, 2.05) is 0 Å². The van der Waals surface area contributed by atoms with Crippen LogP contribution in [0, 0.1) is 0 Å². The van der Waals surface area contributed by atoms with Gasteiger partial charge in [0.15, 0.2) is 11.6 Å². The summed E-state index contributed by atoms with van der Waals surface area (Å²) < 4.78 is 4.80. The number of Topliss-reactive ketones (excluding diaryl/α,β-unsaturated/α-hetero) is 1. The van der Waals surface area contributed by atoms with Crippen LogP contribution in [-0.2, 0) is 19.1 Å². The molecule has 94 valence electrons. The summed E-state index contributed by atoms with van der Waals surface area (Å²) in [5.74, 6) is -0.807. The third kappa shape index (κ3) is 2.11. The number of nitrogens with two attached hydrogens (primary N) is 1. The van der Waals surface area contributed by atoms with Crippen molar-refractivity contribution in [3.63, 3.8) is 0 Å². The van der Waals surface area contributed by atoms with Gasteiger partial charge < -0.3 is 10.5 Å². The summed E-state index contributed by atoms with van der Waals surface area (Å²) in [4.78, 5) is 34.3. The summed E-state index contributed by atoms with van der Waals surface area (Å²) in [6, 6.07) is 0. The molecule has 0 atom stereocenters. The largest absolute Gasteiger partial charge is 0.456 e. The highest BCUT2D eigenvalue weighted by atomic mass is 16.5. The fourth-order valence-corrected chi connectivity index (χ4v) is 2.04. The van der Waals surface area contributed by atoms with Crippen LogP contribution < -0.4 is 5.73 Å². The molecule has 2 rings (SSSR count). The van der Waals surface area contributed by atoms with Crippen molar-refractivity contribution >= 4 is 17.5 Å². The fraction of sp³-hybridized carbons (Fsp3) is 0.308. The number of carbonyl (C=O) groups excluding carboxylic acids is 3. The number of ether oxygens (including phenoxy) is 1. The van der Waals surface area contributed by atoms with Gasteiger partial charge in [0.25, 0.3) is 0 Å². The van der Waals surface area contributed by atoms with Gasteiger partial charge >= 0.3 is 5.97 Å². The van der Waals surface area contributed by atoms with Gasteiger partial charge in [0.2, 0.25) is 0 Å². The zero-order chi connectivity index (χ0) is 13.3. The smallest absolute Gasteiger partial charge is 0.341 e. The van der Waals surface area contributed by atoms with Gasteiger partial charge in [0.1, 0.15) is 6.61 Å². The van der Waals surface area contributed by atoms with E-state index in [2.05, 4.69) is 0 Å². The molecular formula is C13H13NO4. The van der Waals surface area contributed by atoms with Crippen molar-refractivity contribution in [3.8, 4) is 0 Å². The van der Waals surface area contributed by atoms with Crippen molar-refractivity contribution < 1.29 is 19.1 Å². The Hall–Kier alpha value is -2.17. The summed E-state index contributed by atoms with van der Waals surface area (Å²) in [7, 11) is 0. The summed E-state index contributed by atoms with van der Waals surface area (Å²) >= 11 is 0. The minimum Gasteiger partial charge on any atom is -0.456 e. The Morgan fingerprint density at radius 1 is 1.28 bits per heavy atom. The van der Waals surface area contributed by atoms with E-state index in [4.69, 9.17) is 10.5 Å². The van der Waals surface area contributed by atoms with Crippen LogP contribution in [0.3, 0.4) is 0 Å². The highest BCUT2D eigenvalue weighted by molar-refractivity contribution is 6.13. The first-order valence-electron chi connectivity index (χ1n) is 5.62. The molecular weight excluding hydrogens is 234 g/mol. The fourth-order valence-electron chi connectivity index (χ4n) is 2.04. The Morgan fingerprint density at radius 3 is 2.56 bits per heavy atom. The average Bonchev–Trinajstić information content (AvgIpc) is 2.81. The Bertz CT molecular complexity index is 537. The first-order valence-corrected chi connectivity index (χ1v) is 5.62. The Labute approximate surface area is 104 Å². The molecule has 0 radical (unpaired) electrons. The second-order valence-corrected chi connectivity index (χ2v) is 4.24. The van der Waals surface area contributed by atoms with E-state index in [1.54, 1.807) is 6.08 Å². The topological polar surface area (TPSA) is 86.5 Å². The molecule has 0 saturated carbocycles. The van der Waals surface area contributed by atoms with Crippen molar-refractivity contribution in [1.29, 1.82) is 0 Å². The van der Waals surface area contributed by atoms with Crippen LogP contribution in [0.4, 0.5) is 0 Å². The number of allylic oxidation sites excluding steroid dienone is 3. The summed E-state index contributed by atoms with van der Waals surface area (Å²) in [5, 5.41) is 0. The molecule has 0 aromatic carbocycles. The summed E-state index contributed by atoms with van der Waals surface area (Å²) in [5.41, 5.74) is 7.12. The minimum absolute atomic E-state index is 0.0225. The summed E-state index contributed by atoms with van der Waals surface area (Å²) in [6.45, 7) is 1.44. The standard InChI is InChI=1S/C13H13NO4/c1-7(15)2-3-8-4-5-10(16)11(8)12-9(14)6-18-13(12)17/h2-3H,4-6,14H2,1H3/b3-2+. The third-order valence-corrected chi connectivity index (χ3v) is 2.87. The van der Waals surface area contributed by atoms with Crippen molar-refractivity contribution in [2.45, 2.75) is 19.8 Å². The quantitative estimate of drug-likeness (QED) is 0.581. The summed E-state index contributed by atoms with van der Waals surface area (Å²) in [6.07, 6.45) is 3.80. The SMILES string of the molecule is CC(=O)/C=C/C1=C(C2=C(N)COC2=O)C(=O)CC1. The number of hydrogen-bond donors (Lipinski definition) is 1. The van der Waals surface area contributed by atoms with Crippen LogP contribution in [-0.4, -0.2) is 24.1 Å². The lowest BCUT2D eigenvalue weighted by molar-refractivity contribution is -0.136. The molecule has 0 amide bonds. The predicted octanol–water partition coefficient (Wildman–Crippen LogP) is 0.561. The zero-order valence-electron chi connectivity index (χ0n) is 9.99. The second kappa shape index (κ2) is 4.60. The van der Waals surface area contributed by atoms with Gasteiger partial charge in [0, 0.05) is 12.0 Å². The maximum atomic E-state index is 11.8.